The van der Waals surface area contributed by atoms with Crippen LogP contribution in [0, 0.1) is 5.92 Å². The average Bonchev–Trinajstić information content (AvgIpc) is 3.26. The molecule has 3 aliphatic rings. The van der Waals surface area contributed by atoms with E-state index in [4.69, 9.17) is 4.74 Å². The highest BCUT2D eigenvalue weighted by Gasteiger charge is 2.31. The largest absolute Gasteiger partial charge is 0.381 e. The minimum absolute atomic E-state index is 0.206. The number of nitrogens with one attached hydrogen (secondary N) is 1. The van der Waals surface area contributed by atoms with Crippen LogP contribution in [0.4, 0.5) is 0 Å². The minimum atomic E-state index is 0.206. The van der Waals surface area contributed by atoms with Crippen LogP contribution >= 0.6 is 0 Å². The Balaban J connectivity index is 1.39. The molecule has 2 aliphatic heterocycles. The maximum absolute atomic E-state index is 12.0. The summed E-state index contributed by atoms with van der Waals surface area (Å²) >= 11 is 0. The van der Waals surface area contributed by atoms with Crippen molar-refractivity contribution in [1.29, 1.82) is 0 Å². The minimum Gasteiger partial charge on any atom is -0.381 e. The van der Waals surface area contributed by atoms with Crippen molar-refractivity contribution < 1.29 is 9.53 Å². The molecule has 2 fully saturated rings. The van der Waals surface area contributed by atoms with Crippen molar-refractivity contribution in [2.75, 3.05) is 26.3 Å². The highest BCUT2D eigenvalue weighted by Crippen LogP contribution is 2.32. The van der Waals surface area contributed by atoms with Gasteiger partial charge in [0.15, 0.2) is 0 Å². The second kappa shape index (κ2) is 6.61. The van der Waals surface area contributed by atoms with E-state index in [-0.39, 0.29) is 11.9 Å². The van der Waals surface area contributed by atoms with E-state index >= 15 is 0 Å². The zero-order valence-electron chi connectivity index (χ0n) is 13.6. The van der Waals surface area contributed by atoms with Gasteiger partial charge in [0.05, 0.1) is 18.1 Å². The Labute approximate surface area is 137 Å². The summed E-state index contributed by atoms with van der Waals surface area (Å²) in [5.41, 5.74) is 1.25. The lowest BCUT2D eigenvalue weighted by molar-refractivity contribution is -0.121. The summed E-state index contributed by atoms with van der Waals surface area (Å²) < 4.78 is 7.74. The van der Waals surface area contributed by atoms with Gasteiger partial charge in [0, 0.05) is 51.5 Å². The first-order valence-electron chi connectivity index (χ1n) is 8.89. The fourth-order valence-electron chi connectivity index (χ4n) is 3.79. The van der Waals surface area contributed by atoms with E-state index in [0.29, 0.717) is 24.9 Å². The number of carbonyl (C=O) groups excluding carboxylic acids is 1. The Morgan fingerprint density at radius 3 is 2.91 bits per heavy atom. The summed E-state index contributed by atoms with van der Waals surface area (Å²) in [4.78, 5) is 18.9. The van der Waals surface area contributed by atoms with Crippen LogP contribution in [0.25, 0.3) is 0 Å². The highest BCUT2D eigenvalue weighted by atomic mass is 16.5. The molecular formula is C17H26N4O2. The summed E-state index contributed by atoms with van der Waals surface area (Å²) in [6, 6.07) is 0.879. The first-order valence-corrected chi connectivity index (χ1v) is 8.89. The lowest BCUT2D eigenvalue weighted by Gasteiger charge is -2.40. The highest BCUT2D eigenvalue weighted by molar-refractivity contribution is 5.76. The number of aromatic nitrogens is 2. The molecule has 1 N–H and O–H groups in total. The number of fused-ring (bicyclic) bond motifs is 1. The van der Waals surface area contributed by atoms with Gasteiger partial charge in [0.2, 0.25) is 5.91 Å². The molecule has 1 saturated heterocycles. The lowest BCUT2D eigenvalue weighted by Crippen LogP contribution is -2.48. The van der Waals surface area contributed by atoms with Crippen molar-refractivity contribution in [3.8, 4) is 0 Å². The number of amides is 1. The zero-order chi connectivity index (χ0) is 15.6. The molecule has 1 saturated carbocycles. The van der Waals surface area contributed by atoms with Crippen molar-refractivity contribution in [3.05, 3.63) is 18.2 Å². The first-order chi connectivity index (χ1) is 11.3. The molecule has 1 atom stereocenters. The van der Waals surface area contributed by atoms with E-state index < -0.39 is 0 Å². The molecule has 4 rings (SSSR count). The Kier molecular flexibility index (Phi) is 4.35. The summed E-state index contributed by atoms with van der Waals surface area (Å²) in [5, 5.41) is 3.14. The van der Waals surface area contributed by atoms with E-state index in [1.165, 1.54) is 18.5 Å². The summed E-state index contributed by atoms with van der Waals surface area (Å²) in [5.74, 6) is 0.848. The molecule has 1 aliphatic carbocycles. The van der Waals surface area contributed by atoms with Crippen LogP contribution in [0.2, 0.25) is 0 Å². The van der Waals surface area contributed by atoms with Gasteiger partial charge in [-0.05, 0) is 31.6 Å². The van der Waals surface area contributed by atoms with Crippen LogP contribution in [-0.4, -0.2) is 52.7 Å². The Morgan fingerprint density at radius 2 is 2.13 bits per heavy atom. The van der Waals surface area contributed by atoms with E-state index in [0.717, 1.165) is 39.1 Å². The zero-order valence-corrected chi connectivity index (χ0v) is 13.6. The van der Waals surface area contributed by atoms with Crippen LogP contribution in [0.5, 0.6) is 0 Å². The fourth-order valence-corrected chi connectivity index (χ4v) is 3.79. The molecule has 0 aromatic carbocycles. The van der Waals surface area contributed by atoms with Crippen molar-refractivity contribution in [1.82, 2.24) is 19.8 Å². The normalized spacial score (nSPS) is 26.0. The van der Waals surface area contributed by atoms with E-state index in [1.807, 2.05) is 12.5 Å². The van der Waals surface area contributed by atoms with Crippen LogP contribution in [-0.2, 0) is 16.1 Å². The van der Waals surface area contributed by atoms with Gasteiger partial charge in [-0.2, -0.15) is 0 Å². The number of ether oxygens (including phenoxy) is 1. The van der Waals surface area contributed by atoms with Gasteiger partial charge in [-0.1, -0.05) is 0 Å². The number of imidazole rings is 1. The first kappa shape index (κ1) is 15.1. The monoisotopic (exact) mass is 318 g/mol. The molecule has 0 bridgehead atoms. The van der Waals surface area contributed by atoms with Gasteiger partial charge in [0.1, 0.15) is 0 Å². The average molecular weight is 318 g/mol. The third kappa shape index (κ3) is 3.58. The maximum atomic E-state index is 12.0. The molecule has 126 valence electrons. The Hall–Kier alpha value is -1.40. The topological polar surface area (TPSA) is 59.4 Å². The molecule has 1 aromatic rings. The molecule has 1 aromatic heterocycles. The van der Waals surface area contributed by atoms with Gasteiger partial charge >= 0.3 is 0 Å². The lowest BCUT2D eigenvalue weighted by atomic mass is 10.0. The number of hydrogen-bond donors (Lipinski definition) is 1. The molecule has 1 amide bonds. The Bertz CT molecular complexity index is 549. The predicted molar refractivity (Wildman–Crippen MR) is 85.9 cm³/mol. The smallest absolute Gasteiger partial charge is 0.220 e. The molecule has 23 heavy (non-hydrogen) atoms. The Morgan fingerprint density at radius 1 is 1.30 bits per heavy atom. The van der Waals surface area contributed by atoms with Crippen molar-refractivity contribution >= 4 is 5.91 Å². The third-order valence-corrected chi connectivity index (χ3v) is 5.36. The molecule has 0 spiro atoms. The van der Waals surface area contributed by atoms with Crippen LogP contribution in [0.1, 0.15) is 43.8 Å². The molecule has 1 unspecified atom stereocenters. The van der Waals surface area contributed by atoms with Gasteiger partial charge in [0.25, 0.3) is 0 Å². The number of nitrogens with zero attached hydrogens (tertiary/aromatic N) is 3. The van der Waals surface area contributed by atoms with Gasteiger partial charge in [-0.3, -0.25) is 9.69 Å². The van der Waals surface area contributed by atoms with Crippen LogP contribution in [0.15, 0.2) is 12.5 Å². The van der Waals surface area contributed by atoms with Gasteiger partial charge < -0.3 is 14.6 Å². The van der Waals surface area contributed by atoms with Crippen molar-refractivity contribution in [2.45, 2.75) is 50.7 Å². The summed E-state index contributed by atoms with van der Waals surface area (Å²) in [7, 11) is 0. The van der Waals surface area contributed by atoms with Crippen molar-refractivity contribution in [2.24, 2.45) is 5.92 Å². The SMILES string of the molecule is O=C(CC1CC1)NCC1CN(C2CCOCC2)Cc2cncn21. The quantitative estimate of drug-likeness (QED) is 0.890. The summed E-state index contributed by atoms with van der Waals surface area (Å²) in [6.07, 6.45) is 9.23. The molecule has 6 nitrogen and oxygen atoms in total. The van der Waals surface area contributed by atoms with Gasteiger partial charge in [-0.15, -0.1) is 0 Å². The fraction of sp³-hybridized carbons (Fsp3) is 0.765. The predicted octanol–water partition coefficient (Wildman–Crippen LogP) is 1.34. The molecule has 0 radical (unpaired) electrons. The van der Waals surface area contributed by atoms with E-state index in [1.54, 1.807) is 0 Å². The number of hydrogen-bond acceptors (Lipinski definition) is 4. The third-order valence-electron chi connectivity index (χ3n) is 5.36. The summed E-state index contributed by atoms with van der Waals surface area (Å²) in [6.45, 7) is 4.37. The molecule has 6 heteroatoms. The van der Waals surface area contributed by atoms with E-state index in [2.05, 4.69) is 19.8 Å². The molecule has 3 heterocycles. The van der Waals surface area contributed by atoms with Gasteiger partial charge in [-0.25, -0.2) is 4.98 Å². The van der Waals surface area contributed by atoms with Crippen LogP contribution in [0.3, 0.4) is 0 Å². The number of rotatable bonds is 5. The second-order valence-corrected chi connectivity index (χ2v) is 7.17. The second-order valence-electron chi connectivity index (χ2n) is 7.17. The van der Waals surface area contributed by atoms with Crippen LogP contribution < -0.4 is 5.32 Å². The number of carbonyl (C=O) groups is 1. The van der Waals surface area contributed by atoms with Crippen molar-refractivity contribution in [3.63, 3.8) is 0 Å². The van der Waals surface area contributed by atoms with E-state index in [9.17, 15) is 4.79 Å². The standard InChI is InChI=1S/C17H26N4O2/c22-17(7-13-1-2-13)19-9-16-11-20(14-3-5-23-6-4-14)10-15-8-18-12-21(15)16/h8,12-14,16H,1-7,9-11H2,(H,19,22). The molecular weight excluding hydrogens is 292 g/mol. The maximum Gasteiger partial charge on any atom is 0.220 e.